The molecule has 0 heterocycles. The second-order valence-corrected chi connectivity index (χ2v) is 8.73. The van der Waals surface area contributed by atoms with Crippen LogP contribution in [0.1, 0.15) is 0 Å². The van der Waals surface area contributed by atoms with E-state index in [9.17, 15) is 0 Å². The van der Waals surface area contributed by atoms with Crippen LogP contribution in [0.3, 0.4) is 0 Å². The molecule has 0 aliphatic rings. The first kappa shape index (κ1) is 6.91. The predicted molar refractivity (Wildman–Crippen MR) is 38.5 cm³/mol. The fourth-order valence-corrected chi connectivity index (χ4v) is 0. The van der Waals surface area contributed by atoms with Crippen LogP contribution in [0.5, 0.6) is 0 Å². The molecule has 0 radical (unpaired) electrons. The number of halogens is 1. The Labute approximate surface area is 48.8 Å². The van der Waals surface area contributed by atoms with Gasteiger partial charge in [-0.15, -0.1) is 0 Å². The summed E-state index contributed by atoms with van der Waals surface area (Å²) >= 11 is 3.42. The number of hydrogen-bond acceptors (Lipinski definition) is 0. The summed E-state index contributed by atoms with van der Waals surface area (Å²) in [4.78, 5) is 0. The topological polar surface area (TPSA) is 0 Å². The van der Waals surface area contributed by atoms with Gasteiger partial charge in [-0.2, -0.15) is 0 Å². The Bertz CT molecular complexity index is 37.3. The van der Waals surface area contributed by atoms with Crippen molar-refractivity contribution in [3.05, 3.63) is 0 Å². The minimum atomic E-state index is -0.480. The van der Waals surface area contributed by atoms with Crippen LogP contribution in [0.15, 0.2) is 0 Å². The normalized spacial score (nSPS) is 12.0. The molecule has 0 aliphatic carbocycles. The van der Waals surface area contributed by atoms with Crippen molar-refractivity contribution in [2.45, 2.75) is 0 Å². The molecule has 0 aromatic heterocycles. The molecule has 0 rings (SSSR count). The van der Waals surface area contributed by atoms with Crippen molar-refractivity contribution >= 4 is 23.2 Å². The average molecular weight is 170 g/mol. The summed E-state index contributed by atoms with van der Waals surface area (Å²) in [6.07, 6.45) is 0. The van der Waals surface area contributed by atoms with Gasteiger partial charge in [0.1, 0.15) is 5.07 Å². The maximum Gasteiger partial charge on any atom is 0.112 e. The maximum atomic E-state index is 3.42. The third-order valence-electron chi connectivity index (χ3n) is 0.359. The van der Waals surface area contributed by atoms with Crippen LogP contribution in [0, 0.1) is 0 Å². The largest absolute Gasteiger partial charge is 0.112 e. The standard InChI is InChI=1S/C4H11BrP/c1-6(2,3)4-5/h4H2,1-3H3/q+1. The van der Waals surface area contributed by atoms with Crippen LogP contribution < -0.4 is 0 Å². The fraction of sp³-hybridized carbons (Fsp3) is 1.00. The van der Waals surface area contributed by atoms with Crippen LogP contribution in [0.2, 0.25) is 0 Å². The highest BCUT2D eigenvalue weighted by Gasteiger charge is 2.12. The van der Waals surface area contributed by atoms with Gasteiger partial charge in [-0.25, -0.2) is 0 Å². The van der Waals surface area contributed by atoms with Gasteiger partial charge in [-0.1, -0.05) is 0 Å². The molecule has 2 heteroatoms. The van der Waals surface area contributed by atoms with Crippen molar-refractivity contribution in [3.63, 3.8) is 0 Å². The lowest BCUT2D eigenvalue weighted by atomic mass is 11.8. The monoisotopic (exact) mass is 169 g/mol. The van der Waals surface area contributed by atoms with Crippen LogP contribution >= 0.6 is 23.2 Å². The second kappa shape index (κ2) is 2.28. The van der Waals surface area contributed by atoms with Gasteiger partial charge >= 0.3 is 0 Å². The molecule has 0 fully saturated rings. The van der Waals surface area contributed by atoms with Gasteiger partial charge in [0, 0.05) is 27.3 Å². The SMILES string of the molecule is C[P+](C)(C)CBr. The molecule has 0 saturated carbocycles. The molecular weight excluding hydrogens is 159 g/mol. The van der Waals surface area contributed by atoms with E-state index in [0.717, 1.165) is 0 Å². The van der Waals surface area contributed by atoms with Gasteiger partial charge in [0.15, 0.2) is 0 Å². The molecule has 0 atom stereocenters. The third kappa shape index (κ3) is 4.91. The van der Waals surface area contributed by atoms with E-state index >= 15 is 0 Å². The van der Waals surface area contributed by atoms with E-state index in [4.69, 9.17) is 0 Å². The van der Waals surface area contributed by atoms with Gasteiger partial charge in [0.2, 0.25) is 0 Å². The quantitative estimate of drug-likeness (QED) is 0.418. The zero-order valence-corrected chi connectivity index (χ0v) is 7.01. The van der Waals surface area contributed by atoms with Crippen molar-refractivity contribution in [3.8, 4) is 0 Å². The van der Waals surface area contributed by atoms with Gasteiger partial charge in [0.05, 0.1) is 0 Å². The van der Waals surface area contributed by atoms with Crippen LogP contribution in [-0.2, 0) is 0 Å². The van der Waals surface area contributed by atoms with Crippen LogP contribution in [-0.4, -0.2) is 25.1 Å². The van der Waals surface area contributed by atoms with Crippen LogP contribution in [0.4, 0.5) is 0 Å². The molecule has 0 N–H and O–H groups in total. The highest BCUT2D eigenvalue weighted by atomic mass is 79.9. The fourth-order valence-electron chi connectivity index (χ4n) is 0. The van der Waals surface area contributed by atoms with Crippen molar-refractivity contribution in [2.75, 3.05) is 25.1 Å². The first-order chi connectivity index (χ1) is 2.56. The van der Waals surface area contributed by atoms with Gasteiger partial charge in [0.25, 0.3) is 0 Å². The number of hydrogen-bond donors (Lipinski definition) is 0. The molecule has 6 heavy (non-hydrogen) atoms. The summed E-state index contributed by atoms with van der Waals surface area (Å²) in [5.74, 6) is 0. The molecule has 0 amide bonds. The lowest BCUT2D eigenvalue weighted by Gasteiger charge is -2.03. The molecule has 38 valence electrons. The first-order valence-electron chi connectivity index (χ1n) is 1.93. The van der Waals surface area contributed by atoms with E-state index < -0.39 is 7.26 Å². The van der Waals surface area contributed by atoms with E-state index in [1.54, 1.807) is 0 Å². The Kier molecular flexibility index (Phi) is 2.62. The van der Waals surface area contributed by atoms with Gasteiger partial charge in [-0.3, -0.25) is 0 Å². The predicted octanol–water partition coefficient (Wildman–Crippen LogP) is 2.25. The molecule has 0 bridgehead atoms. The highest BCUT2D eigenvalue weighted by Crippen LogP contribution is 2.47. The molecule has 0 spiro atoms. The summed E-state index contributed by atoms with van der Waals surface area (Å²) in [6, 6.07) is 0. The van der Waals surface area contributed by atoms with E-state index in [0.29, 0.717) is 0 Å². The molecular formula is C4H11BrP+. The van der Waals surface area contributed by atoms with E-state index in [-0.39, 0.29) is 0 Å². The molecule has 0 aliphatic heterocycles. The smallest absolute Gasteiger partial charge is 0.0473 e. The lowest BCUT2D eigenvalue weighted by molar-refractivity contribution is 1.92. The zero-order valence-electron chi connectivity index (χ0n) is 4.53. The Balaban J connectivity index is 3.17. The van der Waals surface area contributed by atoms with Gasteiger partial charge < -0.3 is 0 Å². The molecule has 0 aromatic carbocycles. The van der Waals surface area contributed by atoms with Crippen LogP contribution in [0.25, 0.3) is 0 Å². The number of alkyl halides is 1. The van der Waals surface area contributed by atoms with Crippen molar-refractivity contribution in [1.29, 1.82) is 0 Å². The molecule has 0 aromatic rings. The number of rotatable bonds is 1. The molecule has 0 nitrogen and oxygen atoms in total. The second-order valence-electron chi connectivity index (χ2n) is 2.41. The van der Waals surface area contributed by atoms with E-state index in [1.807, 2.05) is 0 Å². The minimum Gasteiger partial charge on any atom is -0.0473 e. The Morgan fingerprint density at radius 3 is 1.50 bits per heavy atom. The first-order valence-corrected chi connectivity index (χ1v) is 6.36. The maximum absolute atomic E-state index is 3.42. The van der Waals surface area contributed by atoms with Crippen molar-refractivity contribution in [2.24, 2.45) is 0 Å². The van der Waals surface area contributed by atoms with Crippen molar-refractivity contribution in [1.82, 2.24) is 0 Å². The molecule has 0 unspecified atom stereocenters. The third-order valence-corrected chi connectivity index (χ3v) is 5.59. The van der Waals surface area contributed by atoms with Gasteiger partial charge in [-0.05, 0) is 15.9 Å². The summed E-state index contributed by atoms with van der Waals surface area (Å²) < 4.78 is 0. The Morgan fingerprint density at radius 1 is 1.33 bits per heavy atom. The summed E-state index contributed by atoms with van der Waals surface area (Å²) in [5, 5.41) is 1.19. The lowest BCUT2D eigenvalue weighted by Crippen LogP contribution is -1.81. The summed E-state index contributed by atoms with van der Waals surface area (Å²) in [5.41, 5.74) is 0. The van der Waals surface area contributed by atoms with E-state index in [2.05, 4.69) is 35.9 Å². The highest BCUT2D eigenvalue weighted by molar-refractivity contribution is 9.10. The Morgan fingerprint density at radius 2 is 1.50 bits per heavy atom. The molecule has 0 saturated heterocycles. The average Bonchev–Trinajstić information content (AvgIpc) is 1.35. The van der Waals surface area contributed by atoms with Crippen molar-refractivity contribution < 1.29 is 0 Å². The summed E-state index contributed by atoms with van der Waals surface area (Å²) in [7, 11) is -0.480. The Hall–Kier alpha value is 0.910. The minimum absolute atomic E-state index is 0.480. The zero-order chi connectivity index (χ0) is 5.21. The summed E-state index contributed by atoms with van der Waals surface area (Å²) in [6.45, 7) is 6.92. The van der Waals surface area contributed by atoms with E-state index in [1.165, 1.54) is 5.07 Å².